The summed E-state index contributed by atoms with van der Waals surface area (Å²) in [6.07, 6.45) is 5.76. The Morgan fingerprint density at radius 2 is 1.60 bits per heavy atom. The molecule has 3 heteroatoms. The van der Waals surface area contributed by atoms with E-state index in [2.05, 4.69) is 68.5 Å². The van der Waals surface area contributed by atoms with Crippen LogP contribution in [-0.2, 0) is 26.2 Å². The summed E-state index contributed by atoms with van der Waals surface area (Å²) in [5.41, 5.74) is 3.95. The van der Waals surface area contributed by atoms with Crippen LogP contribution >= 0.6 is 24.8 Å². The number of benzene rings is 2. The Bertz CT molecular complexity index is 639. The van der Waals surface area contributed by atoms with Crippen molar-refractivity contribution in [3.8, 4) is 0 Å². The molecule has 1 aliphatic rings. The molecule has 0 fully saturated rings. The minimum Gasteiger partial charge on any atom is -0.266 e. The van der Waals surface area contributed by atoms with Gasteiger partial charge < -0.3 is 0 Å². The molecular weight excluding hydrogens is 366 g/mol. The Morgan fingerprint density at radius 1 is 0.950 bits per heavy atom. The first-order chi connectivity index (χ1) is 8.25. The van der Waals surface area contributed by atoms with Crippen molar-refractivity contribution in [1.82, 2.24) is 0 Å². The maximum absolute atomic E-state index is 3.45. The third-order valence-corrected chi connectivity index (χ3v) is 3.34. The quantitative estimate of drug-likeness (QED) is 0.574. The zero-order valence-electron chi connectivity index (χ0n) is 11.5. The molecule has 0 saturated heterocycles. The second-order valence-corrected chi connectivity index (χ2v) is 4.67. The summed E-state index contributed by atoms with van der Waals surface area (Å²) in [7, 11) is 0. The number of hydrogen-bond donors (Lipinski definition) is 0. The van der Waals surface area contributed by atoms with Crippen LogP contribution in [-0.4, -0.2) is 0 Å². The van der Waals surface area contributed by atoms with Crippen LogP contribution in [0.15, 0.2) is 54.1 Å². The van der Waals surface area contributed by atoms with Gasteiger partial charge in [0.15, 0.2) is 0 Å². The van der Waals surface area contributed by atoms with Crippen molar-refractivity contribution in [1.29, 1.82) is 0 Å². The number of allylic oxidation sites excluding steroid dienone is 4. The van der Waals surface area contributed by atoms with Gasteiger partial charge in [0.05, 0.1) is 0 Å². The van der Waals surface area contributed by atoms with E-state index in [-0.39, 0.29) is 51.0 Å². The van der Waals surface area contributed by atoms with Gasteiger partial charge in [-0.25, -0.2) is 5.57 Å². The van der Waals surface area contributed by atoms with Crippen LogP contribution in [0.4, 0.5) is 0 Å². The number of hydrogen-bond acceptors (Lipinski definition) is 0. The van der Waals surface area contributed by atoms with E-state index < -0.39 is 0 Å². The van der Waals surface area contributed by atoms with Gasteiger partial charge in [0.1, 0.15) is 0 Å². The fraction of sp³-hybridized carbons (Fsp3) is 0.176. The second-order valence-electron chi connectivity index (χ2n) is 4.67. The van der Waals surface area contributed by atoms with E-state index in [0.717, 1.165) is 0 Å². The molecule has 0 amide bonds. The molecule has 0 bridgehead atoms. The van der Waals surface area contributed by atoms with E-state index in [4.69, 9.17) is 0 Å². The van der Waals surface area contributed by atoms with Crippen molar-refractivity contribution in [2.75, 3.05) is 0 Å². The summed E-state index contributed by atoms with van der Waals surface area (Å²) < 4.78 is 0. The predicted octanol–water partition coefficient (Wildman–Crippen LogP) is 5.46. The van der Waals surface area contributed by atoms with Gasteiger partial charge >= 0.3 is 0 Å². The van der Waals surface area contributed by atoms with E-state index in [0.29, 0.717) is 5.92 Å². The average Bonchev–Trinajstić information content (AvgIpc) is 2.68. The van der Waals surface area contributed by atoms with Crippen molar-refractivity contribution < 1.29 is 26.2 Å². The van der Waals surface area contributed by atoms with Crippen LogP contribution in [0.2, 0.25) is 0 Å². The van der Waals surface area contributed by atoms with Crippen molar-refractivity contribution in [2.24, 2.45) is 5.92 Å². The molecule has 0 nitrogen and oxygen atoms in total. The minimum atomic E-state index is 0. The maximum atomic E-state index is 3.45. The Balaban J connectivity index is 0.00000120. The molecule has 1 aliphatic carbocycles. The fourth-order valence-electron chi connectivity index (χ4n) is 2.59. The van der Waals surface area contributed by atoms with Crippen molar-refractivity contribution in [3.05, 3.63) is 65.8 Å². The monoisotopic (exact) mass is 381 g/mol. The van der Waals surface area contributed by atoms with Gasteiger partial charge in [-0.05, 0) is 10.8 Å². The first kappa shape index (κ1) is 19.6. The van der Waals surface area contributed by atoms with Gasteiger partial charge in [0.25, 0.3) is 0 Å². The van der Waals surface area contributed by atoms with Crippen molar-refractivity contribution in [3.63, 3.8) is 0 Å². The van der Waals surface area contributed by atoms with Crippen LogP contribution in [0.1, 0.15) is 19.4 Å². The molecule has 3 rings (SSSR count). The van der Waals surface area contributed by atoms with Crippen LogP contribution < -0.4 is 0 Å². The Kier molecular flexibility index (Phi) is 8.03. The topological polar surface area (TPSA) is 0 Å². The third kappa shape index (κ3) is 3.64. The fourth-order valence-corrected chi connectivity index (χ4v) is 2.59. The maximum Gasteiger partial charge on any atom is 0 e. The molecule has 0 heterocycles. The van der Waals surface area contributed by atoms with Crippen molar-refractivity contribution in [2.45, 2.75) is 13.8 Å². The van der Waals surface area contributed by atoms with Crippen molar-refractivity contribution >= 4 is 41.2 Å². The zero-order chi connectivity index (χ0) is 11.8. The van der Waals surface area contributed by atoms with Gasteiger partial charge in [0.2, 0.25) is 0 Å². The smallest absolute Gasteiger partial charge is 0 e. The molecule has 20 heavy (non-hydrogen) atoms. The first-order valence-electron chi connectivity index (χ1n) is 6.06. The van der Waals surface area contributed by atoms with Crippen LogP contribution in [0, 0.1) is 12.0 Å². The van der Waals surface area contributed by atoms with E-state index in [1.54, 1.807) is 0 Å². The minimum absolute atomic E-state index is 0. The molecule has 0 aliphatic heterocycles. The van der Waals surface area contributed by atoms with E-state index >= 15 is 0 Å². The standard InChI is InChI=1S/C17H15.2ClH.Zr/c1-12-10-13(2)17(11-12)16-9-5-7-14-6-3-4-8-15(14)16;;;/h3-9,11-12H,1-2H3;2*1H;/q-1;;;. The molecule has 0 radical (unpaired) electrons. The normalized spacial score (nSPS) is 16.4. The SMILES string of the molecule is CC1=[C-]C(C)C=C1c1cccc2ccccc12.Cl.Cl.[Zr]. The number of fused-ring (bicyclic) bond motifs is 1. The molecule has 0 saturated carbocycles. The Morgan fingerprint density at radius 3 is 2.25 bits per heavy atom. The molecule has 0 spiro atoms. The molecule has 2 aromatic carbocycles. The summed E-state index contributed by atoms with van der Waals surface area (Å²) in [5, 5.41) is 2.63. The van der Waals surface area contributed by atoms with Crippen LogP contribution in [0.5, 0.6) is 0 Å². The Hall–Kier alpha value is -0.357. The average molecular weight is 383 g/mol. The molecule has 0 aromatic heterocycles. The van der Waals surface area contributed by atoms with Gasteiger partial charge in [-0.15, -0.1) is 24.8 Å². The Labute approximate surface area is 152 Å². The van der Waals surface area contributed by atoms with Crippen LogP contribution in [0.3, 0.4) is 0 Å². The van der Waals surface area contributed by atoms with Gasteiger partial charge in [0, 0.05) is 26.2 Å². The van der Waals surface area contributed by atoms with Gasteiger partial charge in [-0.1, -0.05) is 67.8 Å². The molecule has 0 N–H and O–H groups in total. The van der Waals surface area contributed by atoms with Crippen LogP contribution in [0.25, 0.3) is 16.3 Å². The van der Waals surface area contributed by atoms with Gasteiger partial charge in [-0.2, -0.15) is 11.6 Å². The second kappa shape index (κ2) is 8.18. The molecule has 2 aromatic rings. The van der Waals surface area contributed by atoms with Gasteiger partial charge in [-0.3, -0.25) is 6.08 Å². The van der Waals surface area contributed by atoms with E-state index in [1.807, 2.05) is 0 Å². The number of rotatable bonds is 1. The largest absolute Gasteiger partial charge is 0.266 e. The summed E-state index contributed by atoms with van der Waals surface area (Å²) in [4.78, 5) is 0. The molecule has 104 valence electrons. The molecular formula is C17H17Cl2Zr-. The number of halogens is 2. The summed E-state index contributed by atoms with van der Waals surface area (Å²) in [5.74, 6) is 0.434. The first-order valence-corrected chi connectivity index (χ1v) is 6.06. The molecule has 1 unspecified atom stereocenters. The third-order valence-electron chi connectivity index (χ3n) is 3.34. The zero-order valence-corrected chi connectivity index (χ0v) is 15.6. The summed E-state index contributed by atoms with van der Waals surface area (Å²) in [6, 6.07) is 15.1. The summed E-state index contributed by atoms with van der Waals surface area (Å²) >= 11 is 0. The van der Waals surface area contributed by atoms with E-state index in [9.17, 15) is 0 Å². The van der Waals surface area contributed by atoms with E-state index in [1.165, 1.54) is 27.5 Å². The summed E-state index contributed by atoms with van der Waals surface area (Å²) in [6.45, 7) is 4.33. The molecule has 1 atom stereocenters. The predicted molar refractivity (Wildman–Crippen MR) is 88.0 cm³/mol.